The second kappa shape index (κ2) is 5.11. The van der Waals surface area contributed by atoms with E-state index in [0.717, 1.165) is 40.6 Å². The number of amides is 1. The lowest BCUT2D eigenvalue weighted by Gasteiger charge is -2.38. The zero-order valence-corrected chi connectivity index (χ0v) is 14.5. The molecule has 2 saturated heterocycles. The molecule has 114 valence electrons. The molecular formula is C14H17BIN5O. The molecule has 2 fully saturated rings. The summed E-state index contributed by atoms with van der Waals surface area (Å²) in [6.45, 7) is 0. The fourth-order valence-electron chi connectivity index (χ4n) is 4.12. The third-order valence-electron chi connectivity index (χ3n) is 4.99. The number of fused-ring (bicyclic) bond motifs is 3. The summed E-state index contributed by atoms with van der Waals surface area (Å²) in [6.07, 6.45) is 5.99. The van der Waals surface area contributed by atoms with Crippen LogP contribution in [0.1, 0.15) is 37.3 Å². The number of nitrogens with zero attached hydrogens (tertiary/aromatic N) is 4. The molecule has 2 aliphatic rings. The van der Waals surface area contributed by atoms with Crippen LogP contribution in [0.15, 0.2) is 12.3 Å². The van der Waals surface area contributed by atoms with Gasteiger partial charge < -0.3 is 10.6 Å². The van der Waals surface area contributed by atoms with E-state index in [2.05, 4.69) is 32.6 Å². The van der Waals surface area contributed by atoms with Gasteiger partial charge in [-0.25, -0.2) is 4.98 Å². The second-order valence-corrected chi connectivity index (χ2v) is 7.48. The minimum Gasteiger partial charge on any atom is -0.384 e. The SMILES string of the molecule is BC(=O)N1C2CCC1CC(c1cc(N)n3ncc(I)c3n1)C2. The summed E-state index contributed by atoms with van der Waals surface area (Å²) < 4.78 is 2.69. The number of anilines is 1. The van der Waals surface area contributed by atoms with Crippen LogP contribution in [0.3, 0.4) is 0 Å². The highest BCUT2D eigenvalue weighted by molar-refractivity contribution is 14.1. The Hall–Kier alpha value is -1.32. The van der Waals surface area contributed by atoms with E-state index in [9.17, 15) is 4.79 Å². The van der Waals surface area contributed by atoms with Gasteiger partial charge in [0.05, 0.1) is 9.77 Å². The summed E-state index contributed by atoms with van der Waals surface area (Å²) in [6, 6.07) is 2.68. The van der Waals surface area contributed by atoms with Gasteiger partial charge in [-0.3, -0.25) is 4.79 Å². The number of hydrogen-bond donors (Lipinski definition) is 1. The average molecular weight is 409 g/mol. The Morgan fingerprint density at radius 2 is 2.05 bits per heavy atom. The number of nitrogens with two attached hydrogens (primary N) is 1. The molecule has 0 spiro atoms. The van der Waals surface area contributed by atoms with E-state index < -0.39 is 0 Å². The molecule has 0 aromatic carbocycles. The molecule has 22 heavy (non-hydrogen) atoms. The first-order chi connectivity index (χ1) is 10.5. The summed E-state index contributed by atoms with van der Waals surface area (Å²) in [5.74, 6) is 1.22. The van der Waals surface area contributed by atoms with Gasteiger partial charge in [0.2, 0.25) is 7.85 Å². The van der Waals surface area contributed by atoms with Crippen LogP contribution < -0.4 is 5.73 Å². The number of aromatic nitrogens is 3. The van der Waals surface area contributed by atoms with Crippen molar-refractivity contribution in [1.29, 1.82) is 0 Å². The Morgan fingerprint density at radius 1 is 1.36 bits per heavy atom. The lowest BCUT2D eigenvalue weighted by molar-refractivity contribution is 0.157. The van der Waals surface area contributed by atoms with Crippen LogP contribution >= 0.6 is 22.6 Å². The lowest BCUT2D eigenvalue weighted by atomic mass is 9.86. The highest BCUT2D eigenvalue weighted by Gasteiger charge is 2.42. The molecule has 0 radical (unpaired) electrons. The predicted molar refractivity (Wildman–Crippen MR) is 94.7 cm³/mol. The third-order valence-corrected chi connectivity index (χ3v) is 5.75. The number of nitrogen functional groups attached to an aromatic ring is 1. The maximum absolute atomic E-state index is 11.8. The lowest BCUT2D eigenvalue weighted by Crippen LogP contribution is -2.45. The highest BCUT2D eigenvalue weighted by Crippen LogP contribution is 2.42. The molecule has 8 heteroatoms. The van der Waals surface area contributed by atoms with Crippen LogP contribution in [-0.2, 0) is 0 Å². The van der Waals surface area contributed by atoms with Crippen LogP contribution in [0.5, 0.6) is 0 Å². The van der Waals surface area contributed by atoms with E-state index in [1.165, 1.54) is 0 Å². The zero-order valence-electron chi connectivity index (χ0n) is 12.4. The van der Waals surface area contributed by atoms with Gasteiger partial charge in [0.15, 0.2) is 11.5 Å². The molecule has 2 atom stereocenters. The number of hydrogen-bond acceptors (Lipinski definition) is 4. The molecule has 2 aromatic rings. The predicted octanol–water partition coefficient (Wildman–Crippen LogP) is 1.38. The van der Waals surface area contributed by atoms with E-state index in [1.54, 1.807) is 18.6 Å². The Morgan fingerprint density at radius 3 is 2.68 bits per heavy atom. The molecule has 2 aliphatic heterocycles. The molecule has 2 aromatic heterocycles. The monoisotopic (exact) mass is 409 g/mol. The van der Waals surface area contributed by atoms with Crippen molar-refractivity contribution < 1.29 is 4.79 Å². The van der Waals surface area contributed by atoms with Gasteiger partial charge >= 0.3 is 0 Å². The van der Waals surface area contributed by atoms with Crippen molar-refractivity contribution >= 4 is 47.7 Å². The Kier molecular flexibility index (Phi) is 3.32. The molecule has 0 saturated carbocycles. The Labute approximate surface area is 143 Å². The van der Waals surface area contributed by atoms with Crippen LogP contribution in [0.25, 0.3) is 5.65 Å². The van der Waals surface area contributed by atoms with Gasteiger partial charge in [-0.2, -0.15) is 9.61 Å². The molecule has 2 unspecified atom stereocenters. The molecular weight excluding hydrogens is 392 g/mol. The summed E-state index contributed by atoms with van der Waals surface area (Å²) in [4.78, 5) is 18.7. The first kappa shape index (κ1) is 14.3. The molecule has 6 nitrogen and oxygen atoms in total. The van der Waals surface area contributed by atoms with Crippen LogP contribution in [-0.4, -0.2) is 45.2 Å². The molecule has 2 N–H and O–H groups in total. The number of halogens is 1. The maximum Gasteiger partial charge on any atom is 0.215 e. The van der Waals surface area contributed by atoms with Crippen molar-refractivity contribution in [3.8, 4) is 0 Å². The van der Waals surface area contributed by atoms with E-state index in [4.69, 9.17) is 10.7 Å². The molecule has 4 rings (SSSR count). The highest BCUT2D eigenvalue weighted by atomic mass is 127. The van der Waals surface area contributed by atoms with Crippen molar-refractivity contribution in [2.75, 3.05) is 5.73 Å². The summed E-state index contributed by atoms with van der Waals surface area (Å²) >= 11 is 2.24. The fraction of sp³-hybridized carbons (Fsp3) is 0.500. The largest absolute Gasteiger partial charge is 0.384 e. The van der Waals surface area contributed by atoms with Gasteiger partial charge in [-0.1, -0.05) is 0 Å². The van der Waals surface area contributed by atoms with Crippen molar-refractivity contribution in [2.45, 2.75) is 43.7 Å². The minimum atomic E-state index is 0.208. The van der Waals surface area contributed by atoms with Gasteiger partial charge in [0, 0.05) is 29.8 Å². The summed E-state index contributed by atoms with van der Waals surface area (Å²) in [7, 11) is 1.68. The standard InChI is InChI=1S/C14H17BIN5O/c15-14(22)20-8-1-2-9(20)4-7(3-8)11-5-12(17)21-13(19-11)10(16)6-18-21/h5-9H,1-4,15,17H2. The summed E-state index contributed by atoms with van der Waals surface area (Å²) in [5, 5.41) is 4.25. The maximum atomic E-state index is 11.8. The van der Waals surface area contributed by atoms with Crippen molar-refractivity contribution in [3.05, 3.63) is 21.5 Å². The van der Waals surface area contributed by atoms with Gasteiger partial charge in [0.1, 0.15) is 5.82 Å². The van der Waals surface area contributed by atoms with Gasteiger partial charge in [0.25, 0.3) is 0 Å². The zero-order chi connectivity index (χ0) is 15.4. The average Bonchev–Trinajstić information content (AvgIpc) is 2.98. The smallest absolute Gasteiger partial charge is 0.215 e. The minimum absolute atomic E-state index is 0.208. The van der Waals surface area contributed by atoms with Crippen LogP contribution in [0, 0.1) is 3.57 Å². The Balaban J connectivity index is 1.69. The number of carbonyl (C=O) groups excluding carboxylic acids is 1. The van der Waals surface area contributed by atoms with Crippen molar-refractivity contribution in [3.63, 3.8) is 0 Å². The van der Waals surface area contributed by atoms with Gasteiger partial charge in [-0.15, -0.1) is 0 Å². The molecule has 1 amide bonds. The number of carbonyl (C=O) groups is 1. The van der Waals surface area contributed by atoms with E-state index in [1.807, 2.05) is 6.07 Å². The Bertz CT molecular complexity index is 749. The topological polar surface area (TPSA) is 76.5 Å². The van der Waals surface area contributed by atoms with Crippen molar-refractivity contribution in [2.24, 2.45) is 0 Å². The van der Waals surface area contributed by atoms with E-state index >= 15 is 0 Å². The van der Waals surface area contributed by atoms with Crippen molar-refractivity contribution in [1.82, 2.24) is 19.5 Å². The number of rotatable bonds is 1. The molecule has 0 aliphatic carbocycles. The number of piperidine rings is 1. The third kappa shape index (κ3) is 2.11. The summed E-state index contributed by atoms with van der Waals surface area (Å²) in [5.41, 5.74) is 8.01. The molecule has 4 heterocycles. The van der Waals surface area contributed by atoms with Gasteiger partial charge in [-0.05, 0) is 48.3 Å². The van der Waals surface area contributed by atoms with E-state index in [-0.39, 0.29) is 5.81 Å². The first-order valence-electron chi connectivity index (χ1n) is 7.63. The quantitative estimate of drug-likeness (QED) is 0.571. The normalized spacial score (nSPS) is 27.5. The fourth-order valence-corrected chi connectivity index (χ4v) is 4.59. The van der Waals surface area contributed by atoms with Crippen LogP contribution in [0.4, 0.5) is 10.6 Å². The van der Waals surface area contributed by atoms with Crippen LogP contribution in [0.2, 0.25) is 0 Å². The first-order valence-corrected chi connectivity index (χ1v) is 8.71. The van der Waals surface area contributed by atoms with E-state index in [0.29, 0.717) is 23.8 Å². The molecule has 2 bridgehead atoms. The second-order valence-electron chi connectivity index (χ2n) is 6.31.